The van der Waals surface area contributed by atoms with Crippen molar-refractivity contribution in [1.82, 2.24) is 0 Å². The molecule has 0 N–H and O–H groups in total. The molecule has 0 aliphatic heterocycles. The molecule has 0 atom stereocenters. The summed E-state index contributed by atoms with van der Waals surface area (Å²) in [5, 5.41) is 0.284. The molecule has 0 amide bonds. The molecule has 3 heteroatoms. The maximum atomic E-state index is 5.98. The Hall–Kier alpha value is -0.303. The average Bonchev–Trinajstić information content (AvgIpc) is 2.09. The van der Waals surface area contributed by atoms with E-state index in [9.17, 15) is 0 Å². The van der Waals surface area contributed by atoms with Crippen molar-refractivity contribution >= 4 is 8.32 Å². The van der Waals surface area contributed by atoms with Crippen LogP contribution in [-0.4, -0.2) is 28.1 Å². The minimum absolute atomic E-state index is 0.284. The lowest BCUT2D eigenvalue weighted by Crippen LogP contribution is -2.41. The number of rotatable bonds is 6. The zero-order chi connectivity index (χ0) is 11.9. The fraction of sp³-hybridized carbons (Fsp3) is 0.833. The first-order valence-corrected chi connectivity index (χ1v) is 8.37. The van der Waals surface area contributed by atoms with E-state index in [1.54, 1.807) is 0 Å². The number of hydrogen-bond acceptors (Lipinski definition) is 2. The molecule has 88 valence electrons. The molecule has 2 nitrogen and oxygen atoms in total. The highest BCUT2D eigenvalue weighted by molar-refractivity contribution is 6.74. The van der Waals surface area contributed by atoms with Gasteiger partial charge in [-0.3, -0.25) is 0 Å². The average molecular weight is 228 g/mol. The second kappa shape index (κ2) is 6.32. The predicted molar refractivity (Wildman–Crippen MR) is 67.4 cm³/mol. The van der Waals surface area contributed by atoms with Crippen molar-refractivity contribution < 1.29 is 9.16 Å². The van der Waals surface area contributed by atoms with Crippen molar-refractivity contribution in [2.45, 2.75) is 45.3 Å². The SMILES string of the molecule is C#CCOCCCO[Si](C)(C)C(C)(C)C. The Morgan fingerprint density at radius 1 is 1.20 bits per heavy atom. The molecule has 0 aliphatic carbocycles. The molecule has 0 aromatic carbocycles. The maximum absolute atomic E-state index is 5.98. The van der Waals surface area contributed by atoms with Crippen LogP contribution >= 0.6 is 0 Å². The standard InChI is InChI=1S/C12H24O2Si/c1-7-9-13-10-8-11-14-15(5,6)12(2,3)4/h1H,8-11H2,2-6H3. The monoisotopic (exact) mass is 228 g/mol. The molecule has 0 unspecified atom stereocenters. The van der Waals surface area contributed by atoms with Gasteiger partial charge >= 0.3 is 0 Å². The van der Waals surface area contributed by atoms with E-state index in [-0.39, 0.29) is 5.04 Å². The third-order valence-corrected chi connectivity index (χ3v) is 7.43. The van der Waals surface area contributed by atoms with Crippen LogP contribution in [0.5, 0.6) is 0 Å². The first-order chi connectivity index (χ1) is 6.81. The van der Waals surface area contributed by atoms with Crippen LogP contribution in [0.15, 0.2) is 0 Å². The summed E-state index contributed by atoms with van der Waals surface area (Å²) in [6.45, 7) is 13.1. The molecule has 0 saturated heterocycles. The molecule has 15 heavy (non-hydrogen) atoms. The summed E-state index contributed by atoms with van der Waals surface area (Å²) >= 11 is 0. The van der Waals surface area contributed by atoms with E-state index in [4.69, 9.17) is 15.6 Å². The van der Waals surface area contributed by atoms with Gasteiger partial charge in [0.25, 0.3) is 0 Å². The topological polar surface area (TPSA) is 18.5 Å². The molecular weight excluding hydrogens is 204 g/mol. The maximum Gasteiger partial charge on any atom is 0.191 e. The summed E-state index contributed by atoms with van der Waals surface area (Å²) in [5.74, 6) is 2.44. The minimum Gasteiger partial charge on any atom is -0.417 e. The van der Waals surface area contributed by atoms with E-state index < -0.39 is 8.32 Å². The largest absolute Gasteiger partial charge is 0.417 e. The van der Waals surface area contributed by atoms with Crippen molar-refractivity contribution in [2.24, 2.45) is 0 Å². The zero-order valence-corrected chi connectivity index (χ0v) is 11.7. The van der Waals surface area contributed by atoms with Crippen molar-refractivity contribution in [2.75, 3.05) is 19.8 Å². The quantitative estimate of drug-likeness (QED) is 0.395. The van der Waals surface area contributed by atoms with Crippen LogP contribution in [0.2, 0.25) is 18.1 Å². The van der Waals surface area contributed by atoms with Crippen LogP contribution in [-0.2, 0) is 9.16 Å². The first-order valence-electron chi connectivity index (χ1n) is 5.46. The van der Waals surface area contributed by atoms with Crippen LogP contribution in [0, 0.1) is 12.3 Å². The van der Waals surface area contributed by atoms with E-state index in [0.717, 1.165) is 13.0 Å². The van der Waals surface area contributed by atoms with Crippen molar-refractivity contribution in [1.29, 1.82) is 0 Å². The second-order valence-electron chi connectivity index (χ2n) is 5.22. The number of terminal acetylenes is 1. The highest BCUT2D eigenvalue weighted by atomic mass is 28.4. The molecule has 0 aliphatic rings. The molecule has 0 aromatic heterocycles. The van der Waals surface area contributed by atoms with Gasteiger partial charge in [0, 0.05) is 6.61 Å². The van der Waals surface area contributed by atoms with Crippen molar-refractivity contribution in [3.05, 3.63) is 0 Å². The van der Waals surface area contributed by atoms with Gasteiger partial charge in [0.1, 0.15) is 6.61 Å². The van der Waals surface area contributed by atoms with Gasteiger partial charge in [0.2, 0.25) is 0 Å². The van der Waals surface area contributed by atoms with E-state index in [1.807, 2.05) is 0 Å². The fourth-order valence-electron chi connectivity index (χ4n) is 0.836. The molecule has 0 aromatic rings. The molecule has 0 bridgehead atoms. The molecule has 0 fully saturated rings. The zero-order valence-electron chi connectivity index (χ0n) is 10.7. The minimum atomic E-state index is -1.57. The Bertz CT molecular complexity index is 211. The van der Waals surface area contributed by atoms with Gasteiger partial charge in [-0.05, 0) is 24.6 Å². The summed E-state index contributed by atoms with van der Waals surface area (Å²) in [6, 6.07) is 0. The Labute approximate surface area is 95.5 Å². The molecule has 0 spiro atoms. The van der Waals surface area contributed by atoms with Crippen LogP contribution in [0.3, 0.4) is 0 Å². The van der Waals surface area contributed by atoms with E-state index in [0.29, 0.717) is 13.2 Å². The number of hydrogen-bond donors (Lipinski definition) is 0. The van der Waals surface area contributed by atoms with Crippen LogP contribution < -0.4 is 0 Å². The Kier molecular flexibility index (Phi) is 6.19. The Morgan fingerprint density at radius 2 is 1.80 bits per heavy atom. The van der Waals surface area contributed by atoms with Gasteiger partial charge in [0.05, 0.1) is 6.61 Å². The highest BCUT2D eigenvalue weighted by Crippen LogP contribution is 2.36. The molecule has 0 heterocycles. The summed E-state index contributed by atoms with van der Waals surface area (Å²) in [5.41, 5.74) is 0. The van der Waals surface area contributed by atoms with Crippen LogP contribution in [0.1, 0.15) is 27.2 Å². The molecule has 0 rings (SSSR count). The summed E-state index contributed by atoms with van der Waals surface area (Å²) in [6.07, 6.45) is 5.99. The highest BCUT2D eigenvalue weighted by Gasteiger charge is 2.36. The van der Waals surface area contributed by atoms with Crippen LogP contribution in [0.4, 0.5) is 0 Å². The van der Waals surface area contributed by atoms with E-state index in [1.165, 1.54) is 0 Å². The predicted octanol–water partition coefficient (Wildman–Crippen LogP) is 3.05. The van der Waals surface area contributed by atoms with Gasteiger partial charge in [0.15, 0.2) is 8.32 Å². The van der Waals surface area contributed by atoms with Gasteiger partial charge in [-0.15, -0.1) is 6.42 Å². The normalized spacial score (nSPS) is 12.5. The van der Waals surface area contributed by atoms with Crippen molar-refractivity contribution in [3.63, 3.8) is 0 Å². The van der Waals surface area contributed by atoms with Crippen LogP contribution in [0.25, 0.3) is 0 Å². The summed E-state index contributed by atoms with van der Waals surface area (Å²) in [4.78, 5) is 0. The van der Waals surface area contributed by atoms with Gasteiger partial charge in [-0.25, -0.2) is 0 Å². The Morgan fingerprint density at radius 3 is 2.27 bits per heavy atom. The molecular formula is C12H24O2Si. The third-order valence-electron chi connectivity index (χ3n) is 2.89. The summed E-state index contributed by atoms with van der Waals surface area (Å²) < 4.78 is 11.2. The van der Waals surface area contributed by atoms with Gasteiger partial charge < -0.3 is 9.16 Å². The smallest absolute Gasteiger partial charge is 0.191 e. The number of ether oxygens (including phenoxy) is 1. The lowest BCUT2D eigenvalue weighted by Gasteiger charge is -2.36. The Balaban J connectivity index is 3.64. The van der Waals surface area contributed by atoms with E-state index >= 15 is 0 Å². The van der Waals surface area contributed by atoms with Gasteiger partial charge in [-0.2, -0.15) is 0 Å². The molecule has 0 saturated carbocycles. The second-order valence-corrected chi connectivity index (χ2v) is 10.0. The van der Waals surface area contributed by atoms with Crippen molar-refractivity contribution in [3.8, 4) is 12.3 Å². The third kappa shape index (κ3) is 5.98. The van der Waals surface area contributed by atoms with E-state index in [2.05, 4.69) is 39.8 Å². The molecule has 0 radical (unpaired) electrons. The first kappa shape index (κ1) is 14.7. The lowest BCUT2D eigenvalue weighted by molar-refractivity contribution is 0.144. The fourth-order valence-corrected chi connectivity index (χ4v) is 1.92. The summed E-state index contributed by atoms with van der Waals surface area (Å²) in [7, 11) is -1.57. The lowest BCUT2D eigenvalue weighted by atomic mass is 10.2. The van der Waals surface area contributed by atoms with Gasteiger partial charge in [-0.1, -0.05) is 26.7 Å².